The molecule has 0 bridgehead atoms. The predicted molar refractivity (Wildman–Crippen MR) is 72.8 cm³/mol. The Morgan fingerprint density at radius 3 is 2.63 bits per heavy atom. The van der Waals surface area contributed by atoms with E-state index < -0.39 is 5.92 Å². The van der Waals surface area contributed by atoms with Crippen LogP contribution in [0.25, 0.3) is 0 Å². The van der Waals surface area contributed by atoms with E-state index in [0.717, 1.165) is 11.1 Å². The van der Waals surface area contributed by atoms with Gasteiger partial charge in [0.15, 0.2) is 11.7 Å². The molecule has 0 saturated heterocycles. The van der Waals surface area contributed by atoms with Crippen LogP contribution in [-0.4, -0.2) is 10.8 Å². The van der Waals surface area contributed by atoms with E-state index >= 15 is 0 Å². The van der Waals surface area contributed by atoms with Crippen molar-refractivity contribution in [3.8, 4) is 6.07 Å². The second kappa shape index (κ2) is 5.45. The third-order valence-corrected chi connectivity index (χ3v) is 3.02. The van der Waals surface area contributed by atoms with Gasteiger partial charge in [0.2, 0.25) is 0 Å². The summed E-state index contributed by atoms with van der Waals surface area (Å²) in [5, 5.41) is 9.25. The van der Waals surface area contributed by atoms with Crippen molar-refractivity contribution in [3.05, 3.63) is 65.0 Å². The van der Waals surface area contributed by atoms with Crippen molar-refractivity contribution < 1.29 is 4.79 Å². The van der Waals surface area contributed by atoms with Gasteiger partial charge >= 0.3 is 0 Å². The van der Waals surface area contributed by atoms with Gasteiger partial charge in [-0.05, 0) is 31.5 Å². The van der Waals surface area contributed by atoms with Crippen LogP contribution in [-0.2, 0) is 0 Å². The molecule has 0 unspecified atom stereocenters. The van der Waals surface area contributed by atoms with Gasteiger partial charge in [-0.15, -0.1) is 0 Å². The number of nitriles is 1. The van der Waals surface area contributed by atoms with Crippen LogP contribution in [0.5, 0.6) is 0 Å². The molecule has 3 nitrogen and oxygen atoms in total. The molecule has 2 aromatic rings. The van der Waals surface area contributed by atoms with Crippen LogP contribution in [0.2, 0.25) is 0 Å². The third kappa shape index (κ3) is 2.69. The molecule has 0 aliphatic rings. The highest BCUT2D eigenvalue weighted by molar-refractivity contribution is 6.03. The molecule has 0 aliphatic heterocycles. The second-order valence-corrected chi connectivity index (χ2v) is 4.50. The lowest BCUT2D eigenvalue weighted by Crippen LogP contribution is -2.13. The molecule has 0 saturated carbocycles. The normalized spacial score (nSPS) is 11.6. The lowest BCUT2D eigenvalue weighted by atomic mass is 9.92. The number of Topliss-reactive ketones (excluding diaryl/α,β-unsaturated/α-hetero) is 1. The zero-order valence-corrected chi connectivity index (χ0v) is 10.9. The highest BCUT2D eigenvalue weighted by Crippen LogP contribution is 2.21. The van der Waals surface area contributed by atoms with Gasteiger partial charge in [0.05, 0.1) is 11.8 Å². The van der Waals surface area contributed by atoms with Crippen LogP contribution in [0.3, 0.4) is 0 Å². The summed E-state index contributed by atoms with van der Waals surface area (Å²) in [6.07, 6.45) is 1.59. The molecule has 0 spiro atoms. The summed E-state index contributed by atoms with van der Waals surface area (Å²) in [6.45, 7) is 3.86. The minimum atomic E-state index is -0.845. The number of hydrogen-bond acceptors (Lipinski definition) is 3. The second-order valence-electron chi connectivity index (χ2n) is 4.50. The molecule has 19 heavy (non-hydrogen) atoms. The SMILES string of the molecule is Cc1ccc(C(=O)[C@H](C#N)c2ccccn2)c(C)c1. The molecular formula is C16H14N2O. The first-order valence-electron chi connectivity index (χ1n) is 6.05. The van der Waals surface area contributed by atoms with Crippen LogP contribution >= 0.6 is 0 Å². The van der Waals surface area contributed by atoms with E-state index in [9.17, 15) is 10.1 Å². The Bertz CT molecular complexity index is 642. The molecule has 0 aliphatic carbocycles. The summed E-state index contributed by atoms with van der Waals surface area (Å²) in [5.74, 6) is -1.04. The quantitative estimate of drug-likeness (QED) is 0.786. The van der Waals surface area contributed by atoms with Gasteiger partial charge in [-0.3, -0.25) is 9.78 Å². The van der Waals surface area contributed by atoms with E-state index in [1.165, 1.54) is 0 Å². The zero-order valence-electron chi connectivity index (χ0n) is 10.9. The Morgan fingerprint density at radius 1 is 1.26 bits per heavy atom. The number of aromatic nitrogens is 1. The molecule has 1 aromatic heterocycles. The Morgan fingerprint density at radius 2 is 2.05 bits per heavy atom. The molecule has 0 N–H and O–H groups in total. The van der Waals surface area contributed by atoms with Crippen molar-refractivity contribution in [3.63, 3.8) is 0 Å². The van der Waals surface area contributed by atoms with Crippen LogP contribution in [0.1, 0.15) is 33.1 Å². The number of benzene rings is 1. The first-order valence-corrected chi connectivity index (χ1v) is 6.05. The summed E-state index contributed by atoms with van der Waals surface area (Å²) in [6, 6.07) is 12.9. The highest BCUT2D eigenvalue weighted by Gasteiger charge is 2.23. The van der Waals surface area contributed by atoms with Gasteiger partial charge in [0.1, 0.15) is 0 Å². The molecular weight excluding hydrogens is 236 g/mol. The number of hydrogen-bond donors (Lipinski definition) is 0. The molecule has 2 rings (SSSR count). The lowest BCUT2D eigenvalue weighted by Gasteiger charge is -2.10. The number of rotatable bonds is 3. The average Bonchev–Trinajstić information content (AvgIpc) is 2.40. The number of carbonyl (C=O) groups excluding carboxylic acids is 1. The maximum atomic E-state index is 12.4. The van der Waals surface area contributed by atoms with E-state index in [4.69, 9.17) is 0 Å². The van der Waals surface area contributed by atoms with Crippen molar-refractivity contribution in [2.24, 2.45) is 0 Å². The van der Waals surface area contributed by atoms with E-state index in [-0.39, 0.29) is 5.78 Å². The summed E-state index contributed by atoms with van der Waals surface area (Å²) in [7, 11) is 0. The molecule has 3 heteroatoms. The van der Waals surface area contributed by atoms with Gasteiger partial charge in [0, 0.05) is 11.8 Å². The van der Waals surface area contributed by atoms with E-state index in [0.29, 0.717) is 11.3 Å². The molecule has 1 atom stereocenters. The Kier molecular flexibility index (Phi) is 3.72. The zero-order chi connectivity index (χ0) is 13.8. The largest absolute Gasteiger partial charge is 0.292 e. The monoisotopic (exact) mass is 250 g/mol. The van der Waals surface area contributed by atoms with Gasteiger partial charge in [-0.25, -0.2) is 0 Å². The van der Waals surface area contributed by atoms with Crippen molar-refractivity contribution in [2.75, 3.05) is 0 Å². The van der Waals surface area contributed by atoms with Gasteiger partial charge in [-0.1, -0.05) is 29.8 Å². The summed E-state index contributed by atoms with van der Waals surface area (Å²) in [5.41, 5.74) is 3.07. The molecule has 94 valence electrons. The van der Waals surface area contributed by atoms with E-state index in [1.807, 2.05) is 32.0 Å². The predicted octanol–water partition coefficient (Wildman–Crippen LogP) is 3.19. The Hall–Kier alpha value is -2.47. The first kappa shape index (κ1) is 13.0. The first-order chi connectivity index (χ1) is 9.13. The minimum absolute atomic E-state index is 0.196. The number of nitrogens with zero attached hydrogens (tertiary/aromatic N) is 2. The maximum absolute atomic E-state index is 12.4. The fraction of sp³-hybridized carbons (Fsp3) is 0.188. The fourth-order valence-electron chi connectivity index (χ4n) is 2.05. The molecule has 0 amide bonds. The molecule has 0 radical (unpaired) electrons. The standard InChI is InChI=1S/C16H14N2O/c1-11-6-7-13(12(2)9-11)16(19)14(10-17)15-5-3-4-8-18-15/h3-9,14H,1-2H3/t14-/m1/s1. The number of ketones is 1. The number of pyridine rings is 1. The van der Waals surface area contributed by atoms with Gasteiger partial charge < -0.3 is 0 Å². The fourth-order valence-corrected chi connectivity index (χ4v) is 2.05. The van der Waals surface area contributed by atoms with Crippen molar-refractivity contribution in [1.29, 1.82) is 5.26 Å². The average molecular weight is 250 g/mol. The molecule has 1 heterocycles. The highest BCUT2D eigenvalue weighted by atomic mass is 16.1. The Balaban J connectivity index is 2.40. The van der Waals surface area contributed by atoms with Crippen molar-refractivity contribution >= 4 is 5.78 Å². The van der Waals surface area contributed by atoms with Crippen molar-refractivity contribution in [2.45, 2.75) is 19.8 Å². The van der Waals surface area contributed by atoms with Gasteiger partial charge in [-0.2, -0.15) is 5.26 Å². The van der Waals surface area contributed by atoms with E-state index in [1.54, 1.807) is 30.5 Å². The van der Waals surface area contributed by atoms with Gasteiger partial charge in [0.25, 0.3) is 0 Å². The minimum Gasteiger partial charge on any atom is -0.292 e. The lowest BCUT2D eigenvalue weighted by molar-refractivity contribution is 0.0977. The molecule has 0 fully saturated rings. The maximum Gasteiger partial charge on any atom is 0.186 e. The smallest absolute Gasteiger partial charge is 0.186 e. The topological polar surface area (TPSA) is 53.8 Å². The Labute approximate surface area is 112 Å². The number of aryl methyl sites for hydroxylation is 2. The van der Waals surface area contributed by atoms with Crippen LogP contribution in [0.15, 0.2) is 42.6 Å². The summed E-state index contributed by atoms with van der Waals surface area (Å²) < 4.78 is 0. The van der Waals surface area contributed by atoms with E-state index in [2.05, 4.69) is 4.98 Å². The third-order valence-electron chi connectivity index (χ3n) is 3.02. The summed E-state index contributed by atoms with van der Waals surface area (Å²) in [4.78, 5) is 16.5. The molecule has 1 aromatic carbocycles. The van der Waals surface area contributed by atoms with Crippen LogP contribution < -0.4 is 0 Å². The van der Waals surface area contributed by atoms with Crippen LogP contribution in [0.4, 0.5) is 0 Å². The van der Waals surface area contributed by atoms with Crippen molar-refractivity contribution in [1.82, 2.24) is 4.98 Å². The number of carbonyl (C=O) groups is 1. The summed E-state index contributed by atoms with van der Waals surface area (Å²) >= 11 is 0. The van der Waals surface area contributed by atoms with Crippen LogP contribution in [0, 0.1) is 25.2 Å².